The SMILES string of the molecule is CC(C)C1CNC2(CCCCC2)CN1CC(C)C(C)(C)C. The molecule has 1 heterocycles. The summed E-state index contributed by atoms with van der Waals surface area (Å²) in [5.74, 6) is 1.49. The molecule has 2 rings (SSSR count). The average Bonchev–Trinajstić information content (AvgIpc) is 2.38. The first-order valence-corrected chi connectivity index (χ1v) is 9.23. The van der Waals surface area contributed by atoms with E-state index in [4.69, 9.17) is 0 Å². The van der Waals surface area contributed by atoms with Crippen LogP contribution in [-0.2, 0) is 0 Å². The molecule has 2 heteroatoms. The summed E-state index contributed by atoms with van der Waals surface area (Å²) < 4.78 is 0. The van der Waals surface area contributed by atoms with Crippen LogP contribution in [0.3, 0.4) is 0 Å². The van der Waals surface area contributed by atoms with Crippen LogP contribution in [0, 0.1) is 17.3 Å². The third-order valence-corrected chi connectivity index (χ3v) is 6.23. The fourth-order valence-electron chi connectivity index (χ4n) is 4.06. The molecular weight excluding hydrogens is 256 g/mol. The molecule has 2 aliphatic rings. The van der Waals surface area contributed by atoms with Gasteiger partial charge >= 0.3 is 0 Å². The van der Waals surface area contributed by atoms with Gasteiger partial charge in [-0.2, -0.15) is 0 Å². The molecule has 2 nitrogen and oxygen atoms in total. The number of hydrogen-bond acceptors (Lipinski definition) is 2. The highest BCUT2D eigenvalue weighted by atomic mass is 15.3. The molecule has 0 aromatic rings. The van der Waals surface area contributed by atoms with Gasteiger partial charge in [-0.1, -0.05) is 60.8 Å². The van der Waals surface area contributed by atoms with Gasteiger partial charge in [-0.05, 0) is 30.1 Å². The van der Waals surface area contributed by atoms with E-state index in [1.54, 1.807) is 0 Å². The fraction of sp³-hybridized carbons (Fsp3) is 1.00. The second-order valence-corrected chi connectivity index (χ2v) is 9.23. The van der Waals surface area contributed by atoms with Crippen molar-refractivity contribution in [1.29, 1.82) is 0 Å². The number of hydrogen-bond donors (Lipinski definition) is 1. The highest BCUT2D eigenvalue weighted by Gasteiger charge is 2.41. The van der Waals surface area contributed by atoms with Gasteiger partial charge in [0.05, 0.1) is 0 Å². The van der Waals surface area contributed by atoms with Gasteiger partial charge in [0.2, 0.25) is 0 Å². The van der Waals surface area contributed by atoms with E-state index in [1.165, 1.54) is 51.7 Å². The van der Waals surface area contributed by atoms with Crippen molar-refractivity contribution >= 4 is 0 Å². The lowest BCUT2D eigenvalue weighted by atomic mass is 9.77. The molecule has 0 radical (unpaired) electrons. The second-order valence-electron chi connectivity index (χ2n) is 9.23. The van der Waals surface area contributed by atoms with Crippen molar-refractivity contribution in [2.75, 3.05) is 19.6 Å². The Balaban J connectivity index is 2.07. The Morgan fingerprint density at radius 3 is 2.24 bits per heavy atom. The summed E-state index contributed by atoms with van der Waals surface area (Å²) in [6, 6.07) is 0.711. The van der Waals surface area contributed by atoms with Crippen LogP contribution in [0.2, 0.25) is 0 Å². The van der Waals surface area contributed by atoms with Gasteiger partial charge in [0.1, 0.15) is 0 Å². The Morgan fingerprint density at radius 1 is 1.10 bits per heavy atom. The summed E-state index contributed by atoms with van der Waals surface area (Å²) >= 11 is 0. The van der Waals surface area contributed by atoms with E-state index in [0.29, 0.717) is 17.0 Å². The highest BCUT2D eigenvalue weighted by Crippen LogP contribution is 2.35. The number of nitrogens with zero attached hydrogens (tertiary/aromatic N) is 1. The lowest BCUT2D eigenvalue weighted by Gasteiger charge is -2.52. The van der Waals surface area contributed by atoms with E-state index in [-0.39, 0.29) is 0 Å². The predicted molar refractivity (Wildman–Crippen MR) is 92.6 cm³/mol. The Morgan fingerprint density at radius 2 is 1.71 bits per heavy atom. The van der Waals surface area contributed by atoms with Crippen molar-refractivity contribution < 1.29 is 0 Å². The minimum Gasteiger partial charge on any atom is -0.308 e. The van der Waals surface area contributed by atoms with E-state index in [9.17, 15) is 0 Å². The van der Waals surface area contributed by atoms with Crippen LogP contribution >= 0.6 is 0 Å². The Kier molecular flexibility index (Phi) is 5.41. The van der Waals surface area contributed by atoms with Crippen LogP contribution in [0.25, 0.3) is 0 Å². The van der Waals surface area contributed by atoms with Crippen LogP contribution in [0.1, 0.15) is 73.6 Å². The molecule has 1 N–H and O–H groups in total. The first-order valence-electron chi connectivity index (χ1n) is 9.23. The second kappa shape index (κ2) is 6.58. The van der Waals surface area contributed by atoms with Crippen LogP contribution in [0.4, 0.5) is 0 Å². The van der Waals surface area contributed by atoms with E-state index in [1.807, 2.05) is 0 Å². The molecule has 1 saturated carbocycles. The van der Waals surface area contributed by atoms with Gasteiger partial charge in [-0.25, -0.2) is 0 Å². The summed E-state index contributed by atoms with van der Waals surface area (Å²) in [6.07, 6.45) is 7.05. The van der Waals surface area contributed by atoms with E-state index in [2.05, 4.69) is 51.8 Å². The van der Waals surface area contributed by atoms with Crippen LogP contribution in [-0.4, -0.2) is 36.1 Å². The lowest BCUT2D eigenvalue weighted by molar-refractivity contribution is 0.0149. The molecule has 2 fully saturated rings. The highest BCUT2D eigenvalue weighted by molar-refractivity contribution is 5.00. The summed E-state index contributed by atoms with van der Waals surface area (Å²) in [7, 11) is 0. The summed E-state index contributed by atoms with van der Waals surface area (Å²) in [4.78, 5) is 2.84. The minimum absolute atomic E-state index is 0.409. The molecular formula is C19H38N2. The summed E-state index contributed by atoms with van der Waals surface area (Å²) in [6.45, 7) is 18.1. The first-order chi connectivity index (χ1) is 9.73. The molecule has 1 saturated heterocycles. The number of rotatable bonds is 3. The topological polar surface area (TPSA) is 15.3 Å². The van der Waals surface area contributed by atoms with E-state index < -0.39 is 0 Å². The van der Waals surface area contributed by atoms with Gasteiger partial charge in [0.15, 0.2) is 0 Å². The predicted octanol–water partition coefficient (Wildman–Crippen LogP) is 4.30. The van der Waals surface area contributed by atoms with Crippen molar-refractivity contribution in [3.63, 3.8) is 0 Å². The zero-order valence-electron chi connectivity index (χ0n) is 15.3. The lowest BCUT2D eigenvalue weighted by Crippen LogP contribution is -2.66. The smallest absolute Gasteiger partial charge is 0.0309 e. The van der Waals surface area contributed by atoms with Crippen LogP contribution in [0.15, 0.2) is 0 Å². The quantitative estimate of drug-likeness (QED) is 0.835. The molecule has 0 aromatic heterocycles. The molecule has 1 spiro atoms. The number of nitrogens with one attached hydrogen (secondary N) is 1. The molecule has 0 aromatic carbocycles. The van der Waals surface area contributed by atoms with Gasteiger partial charge in [0, 0.05) is 31.2 Å². The fourth-order valence-corrected chi connectivity index (χ4v) is 4.06. The summed E-state index contributed by atoms with van der Waals surface area (Å²) in [5.41, 5.74) is 0.841. The van der Waals surface area contributed by atoms with Crippen LogP contribution < -0.4 is 5.32 Å². The van der Waals surface area contributed by atoms with Gasteiger partial charge in [-0.15, -0.1) is 0 Å². The maximum atomic E-state index is 3.97. The third-order valence-electron chi connectivity index (χ3n) is 6.23. The van der Waals surface area contributed by atoms with Crippen molar-refractivity contribution in [2.24, 2.45) is 17.3 Å². The van der Waals surface area contributed by atoms with Crippen molar-refractivity contribution in [3.8, 4) is 0 Å². The average molecular weight is 295 g/mol. The molecule has 1 aliphatic heterocycles. The Labute approximate surface area is 133 Å². The molecule has 0 amide bonds. The monoisotopic (exact) mass is 294 g/mol. The van der Waals surface area contributed by atoms with Gasteiger partial charge in [0.25, 0.3) is 0 Å². The van der Waals surface area contributed by atoms with Crippen molar-refractivity contribution in [3.05, 3.63) is 0 Å². The Bertz CT molecular complexity index is 323. The molecule has 0 bridgehead atoms. The molecule has 2 unspecified atom stereocenters. The zero-order chi connectivity index (χ0) is 15.7. The Hall–Kier alpha value is -0.0800. The van der Waals surface area contributed by atoms with Gasteiger partial charge < -0.3 is 5.32 Å². The molecule has 2 atom stereocenters. The summed E-state index contributed by atoms with van der Waals surface area (Å²) in [5, 5.41) is 3.97. The molecule has 1 aliphatic carbocycles. The largest absolute Gasteiger partial charge is 0.308 e. The van der Waals surface area contributed by atoms with Gasteiger partial charge in [-0.3, -0.25) is 4.90 Å². The minimum atomic E-state index is 0.409. The maximum absolute atomic E-state index is 3.97. The number of piperazine rings is 1. The maximum Gasteiger partial charge on any atom is 0.0309 e. The van der Waals surface area contributed by atoms with Crippen molar-refractivity contribution in [1.82, 2.24) is 10.2 Å². The van der Waals surface area contributed by atoms with Crippen molar-refractivity contribution in [2.45, 2.75) is 85.2 Å². The third kappa shape index (κ3) is 4.22. The standard InChI is InChI=1S/C19H38N2/c1-15(2)17-12-20-19(10-8-7-9-11-19)14-21(17)13-16(3)18(4,5)6/h15-17,20H,7-14H2,1-6H3. The van der Waals surface area contributed by atoms with E-state index in [0.717, 1.165) is 11.8 Å². The first kappa shape index (κ1) is 17.3. The van der Waals surface area contributed by atoms with E-state index >= 15 is 0 Å². The molecule has 21 heavy (non-hydrogen) atoms. The zero-order valence-corrected chi connectivity index (χ0v) is 15.3. The molecule has 124 valence electrons. The van der Waals surface area contributed by atoms with Crippen LogP contribution in [0.5, 0.6) is 0 Å². The normalized spacial score (nSPS) is 29.0.